The summed E-state index contributed by atoms with van der Waals surface area (Å²) < 4.78 is 0. The maximum Gasteiger partial charge on any atom is 0.308 e. The minimum absolute atomic E-state index is 0.112. The maximum absolute atomic E-state index is 12.5. The zero-order chi connectivity index (χ0) is 18.8. The lowest BCUT2D eigenvalue weighted by molar-refractivity contribution is -0.146. The first-order chi connectivity index (χ1) is 11.6. The fourth-order valence-corrected chi connectivity index (χ4v) is 3.44. The van der Waals surface area contributed by atoms with Gasteiger partial charge < -0.3 is 15.3 Å². The van der Waals surface area contributed by atoms with Gasteiger partial charge >= 0.3 is 5.97 Å². The molecular formula is C17H25N3O4S. The molecule has 1 saturated heterocycles. The average molecular weight is 367 g/mol. The summed E-state index contributed by atoms with van der Waals surface area (Å²) in [6, 6.07) is 0. The first kappa shape index (κ1) is 19.4. The number of rotatable bonds is 4. The Morgan fingerprint density at radius 3 is 2.64 bits per heavy atom. The number of carbonyl (C=O) groups excluding carboxylic acids is 2. The number of likely N-dealkylation sites (tertiary alicyclic amines) is 1. The molecule has 0 bridgehead atoms. The maximum atomic E-state index is 12.5. The molecule has 1 aromatic rings. The van der Waals surface area contributed by atoms with Crippen molar-refractivity contribution in [2.24, 2.45) is 17.3 Å². The molecule has 2 amide bonds. The van der Waals surface area contributed by atoms with Crippen molar-refractivity contribution in [2.75, 3.05) is 18.4 Å². The molecular weight excluding hydrogens is 342 g/mol. The topological polar surface area (TPSA) is 99.6 Å². The third-order valence-corrected chi connectivity index (χ3v) is 4.95. The van der Waals surface area contributed by atoms with Gasteiger partial charge in [0, 0.05) is 23.9 Å². The van der Waals surface area contributed by atoms with Crippen molar-refractivity contribution in [3.63, 3.8) is 0 Å². The molecule has 0 aromatic carbocycles. The third kappa shape index (κ3) is 5.26. The van der Waals surface area contributed by atoms with Gasteiger partial charge in [-0.25, -0.2) is 4.98 Å². The number of carbonyl (C=O) groups is 3. The lowest BCUT2D eigenvalue weighted by Gasteiger charge is -2.34. The molecule has 0 saturated carbocycles. The molecule has 1 aliphatic rings. The van der Waals surface area contributed by atoms with Gasteiger partial charge in [0.1, 0.15) is 0 Å². The second kappa shape index (κ2) is 7.51. The minimum atomic E-state index is -0.856. The van der Waals surface area contributed by atoms with Crippen LogP contribution in [0.5, 0.6) is 0 Å². The zero-order valence-corrected chi connectivity index (χ0v) is 15.9. The molecule has 2 rings (SSSR count). The van der Waals surface area contributed by atoms with Crippen molar-refractivity contribution in [1.82, 2.24) is 9.88 Å². The number of hydrogen-bond donors (Lipinski definition) is 2. The number of carboxylic acids is 1. The highest BCUT2D eigenvalue weighted by molar-refractivity contribution is 7.13. The van der Waals surface area contributed by atoms with Gasteiger partial charge in [0.2, 0.25) is 11.8 Å². The van der Waals surface area contributed by atoms with Crippen molar-refractivity contribution >= 4 is 34.3 Å². The number of amides is 2. The Labute approximate surface area is 151 Å². The molecule has 2 N–H and O–H groups in total. The number of piperidine rings is 1. The number of carboxylic acid groups (broad SMARTS) is 1. The van der Waals surface area contributed by atoms with Gasteiger partial charge in [-0.15, -0.1) is 11.3 Å². The molecule has 1 fully saturated rings. The van der Waals surface area contributed by atoms with Crippen LogP contribution in [-0.2, 0) is 20.8 Å². The van der Waals surface area contributed by atoms with Crippen molar-refractivity contribution in [1.29, 1.82) is 0 Å². The Kier molecular flexibility index (Phi) is 5.82. The van der Waals surface area contributed by atoms with Gasteiger partial charge in [-0.1, -0.05) is 27.7 Å². The minimum Gasteiger partial charge on any atom is -0.481 e. The summed E-state index contributed by atoms with van der Waals surface area (Å²) in [5, 5.41) is 14.2. The van der Waals surface area contributed by atoms with Crippen LogP contribution in [0.3, 0.4) is 0 Å². The number of aliphatic carboxylic acids is 1. The van der Waals surface area contributed by atoms with E-state index in [-0.39, 0.29) is 30.7 Å². The molecule has 1 aliphatic heterocycles. The summed E-state index contributed by atoms with van der Waals surface area (Å²) in [5.74, 6) is -1.46. The highest BCUT2D eigenvalue weighted by Crippen LogP contribution is 2.24. The predicted octanol–water partition coefficient (Wildman–Crippen LogP) is 2.24. The largest absolute Gasteiger partial charge is 0.481 e. The smallest absolute Gasteiger partial charge is 0.308 e. The Morgan fingerprint density at radius 2 is 2.04 bits per heavy atom. The number of nitrogens with one attached hydrogen (secondary N) is 1. The van der Waals surface area contributed by atoms with E-state index >= 15 is 0 Å². The van der Waals surface area contributed by atoms with Crippen LogP contribution in [0.25, 0.3) is 0 Å². The highest BCUT2D eigenvalue weighted by atomic mass is 32.1. The summed E-state index contributed by atoms with van der Waals surface area (Å²) in [5.41, 5.74) is 0.0709. The Hall–Kier alpha value is -1.96. The van der Waals surface area contributed by atoms with E-state index in [9.17, 15) is 19.5 Å². The number of thiazole rings is 1. The standard InChI is InChI=1S/C17H25N3O4S/c1-10-5-11(14(22)23)8-20(7-10)13(21)6-12-9-25-16(18-12)19-15(24)17(2,3)4/h9-11H,5-8H2,1-4H3,(H,22,23)(H,18,19,24). The lowest BCUT2D eigenvalue weighted by Crippen LogP contribution is -2.46. The van der Waals surface area contributed by atoms with Gasteiger partial charge in [0.25, 0.3) is 0 Å². The molecule has 2 unspecified atom stereocenters. The van der Waals surface area contributed by atoms with Crippen molar-refractivity contribution in [3.05, 3.63) is 11.1 Å². The molecule has 0 radical (unpaired) electrons. The average Bonchev–Trinajstić information content (AvgIpc) is 2.92. The SMILES string of the molecule is CC1CC(C(=O)O)CN(C(=O)Cc2csc(NC(=O)C(C)(C)C)n2)C1. The van der Waals surface area contributed by atoms with Crippen molar-refractivity contribution in [3.8, 4) is 0 Å². The first-order valence-corrected chi connectivity index (χ1v) is 9.20. The molecule has 7 nitrogen and oxygen atoms in total. The van der Waals surface area contributed by atoms with Crippen LogP contribution in [0.1, 0.15) is 39.8 Å². The van der Waals surface area contributed by atoms with Gasteiger partial charge in [0.15, 0.2) is 5.13 Å². The van der Waals surface area contributed by atoms with Crippen LogP contribution < -0.4 is 5.32 Å². The van der Waals surface area contributed by atoms with E-state index in [0.29, 0.717) is 23.8 Å². The fourth-order valence-electron chi connectivity index (χ4n) is 2.73. The third-order valence-electron chi connectivity index (χ3n) is 4.15. The van der Waals surface area contributed by atoms with E-state index in [2.05, 4.69) is 10.3 Å². The molecule has 25 heavy (non-hydrogen) atoms. The number of nitrogens with zero attached hydrogens (tertiary/aromatic N) is 2. The monoisotopic (exact) mass is 367 g/mol. The van der Waals surface area contributed by atoms with Gasteiger partial charge in [-0.3, -0.25) is 14.4 Å². The summed E-state index contributed by atoms with van der Waals surface area (Å²) in [7, 11) is 0. The normalized spacial score (nSPS) is 21.0. The Balaban J connectivity index is 1.97. The van der Waals surface area contributed by atoms with E-state index in [0.717, 1.165) is 0 Å². The molecule has 1 aromatic heterocycles. The summed E-state index contributed by atoms with van der Waals surface area (Å²) in [6.45, 7) is 8.22. The quantitative estimate of drug-likeness (QED) is 0.850. The molecule has 2 heterocycles. The van der Waals surface area contributed by atoms with Gasteiger partial charge in [-0.05, 0) is 12.3 Å². The Morgan fingerprint density at radius 1 is 1.36 bits per heavy atom. The van der Waals surface area contributed by atoms with Gasteiger partial charge in [0.05, 0.1) is 18.0 Å². The van der Waals surface area contributed by atoms with E-state index in [4.69, 9.17) is 0 Å². The molecule has 138 valence electrons. The lowest BCUT2D eigenvalue weighted by atomic mass is 9.90. The van der Waals surface area contributed by atoms with Crippen LogP contribution in [0.15, 0.2) is 5.38 Å². The molecule has 2 atom stereocenters. The van der Waals surface area contributed by atoms with E-state index in [1.165, 1.54) is 11.3 Å². The zero-order valence-electron chi connectivity index (χ0n) is 15.0. The van der Waals surface area contributed by atoms with Crippen LogP contribution in [0.2, 0.25) is 0 Å². The van der Waals surface area contributed by atoms with Crippen molar-refractivity contribution < 1.29 is 19.5 Å². The van der Waals surface area contributed by atoms with Crippen LogP contribution in [0.4, 0.5) is 5.13 Å². The van der Waals surface area contributed by atoms with E-state index in [1.54, 1.807) is 10.3 Å². The van der Waals surface area contributed by atoms with Crippen LogP contribution >= 0.6 is 11.3 Å². The molecule has 0 spiro atoms. The molecule has 8 heteroatoms. The van der Waals surface area contributed by atoms with E-state index in [1.807, 2.05) is 27.7 Å². The summed E-state index contributed by atoms with van der Waals surface area (Å²) in [6.07, 6.45) is 0.708. The predicted molar refractivity (Wildman–Crippen MR) is 95.4 cm³/mol. The van der Waals surface area contributed by atoms with E-state index < -0.39 is 17.3 Å². The molecule has 0 aliphatic carbocycles. The van der Waals surface area contributed by atoms with Crippen LogP contribution in [-0.4, -0.2) is 45.9 Å². The summed E-state index contributed by atoms with van der Waals surface area (Å²) in [4.78, 5) is 41.6. The fraction of sp³-hybridized carbons (Fsp3) is 0.647. The second-order valence-electron chi connectivity index (χ2n) is 7.70. The first-order valence-electron chi connectivity index (χ1n) is 8.32. The summed E-state index contributed by atoms with van der Waals surface area (Å²) >= 11 is 1.28. The van der Waals surface area contributed by atoms with Crippen LogP contribution in [0, 0.1) is 17.3 Å². The number of hydrogen-bond acceptors (Lipinski definition) is 5. The number of aromatic nitrogens is 1. The van der Waals surface area contributed by atoms with Crippen molar-refractivity contribution in [2.45, 2.75) is 40.5 Å². The Bertz CT molecular complexity index is 665. The number of anilines is 1. The second-order valence-corrected chi connectivity index (χ2v) is 8.56. The highest BCUT2D eigenvalue weighted by Gasteiger charge is 2.32. The van der Waals surface area contributed by atoms with Gasteiger partial charge in [-0.2, -0.15) is 0 Å².